The number of rotatable bonds is 4. The van der Waals surface area contributed by atoms with Gasteiger partial charge in [-0.3, -0.25) is 0 Å². The van der Waals surface area contributed by atoms with Crippen molar-refractivity contribution in [3.05, 3.63) is 0 Å². The van der Waals surface area contributed by atoms with Crippen LogP contribution in [0, 0.1) is 0 Å². The number of carboxylic acids is 1. The zero-order valence-electron chi connectivity index (χ0n) is 7.46. The molecule has 4 nitrogen and oxygen atoms in total. The minimum absolute atomic E-state index is 0.265. The second kappa shape index (κ2) is 3.41. The van der Waals surface area contributed by atoms with Crippen LogP contribution in [-0.4, -0.2) is 35.9 Å². The number of nitrogens with one attached hydrogen (secondary N) is 1. The fourth-order valence-corrected chi connectivity index (χ4v) is 1.21. The molecule has 0 aromatic heterocycles. The summed E-state index contributed by atoms with van der Waals surface area (Å²) in [6, 6.07) is 0. The third-order valence-corrected chi connectivity index (χ3v) is 2.07. The van der Waals surface area contributed by atoms with Gasteiger partial charge in [-0.15, -0.1) is 0 Å². The average Bonchev–Trinajstić information content (AvgIpc) is 1.96. The maximum atomic E-state index is 10.6. The average molecular weight is 173 g/mol. The van der Waals surface area contributed by atoms with E-state index in [2.05, 4.69) is 5.32 Å². The van der Waals surface area contributed by atoms with Gasteiger partial charge in [0.2, 0.25) is 0 Å². The molecule has 0 aromatic rings. The van der Waals surface area contributed by atoms with E-state index < -0.39 is 12.1 Å². The van der Waals surface area contributed by atoms with Crippen molar-refractivity contribution in [2.24, 2.45) is 0 Å². The lowest BCUT2D eigenvalue weighted by Gasteiger charge is -2.40. The Morgan fingerprint density at radius 3 is 2.58 bits per heavy atom. The van der Waals surface area contributed by atoms with Crippen LogP contribution in [0.5, 0.6) is 0 Å². The molecule has 0 bridgehead atoms. The van der Waals surface area contributed by atoms with Crippen LogP contribution in [0.15, 0.2) is 0 Å². The van der Waals surface area contributed by atoms with E-state index in [4.69, 9.17) is 9.84 Å². The zero-order chi connectivity index (χ0) is 9.19. The van der Waals surface area contributed by atoms with Crippen molar-refractivity contribution >= 4 is 5.97 Å². The Hall–Kier alpha value is -0.610. The number of hydrogen-bond acceptors (Lipinski definition) is 3. The molecular weight excluding hydrogens is 158 g/mol. The quantitative estimate of drug-likeness (QED) is 0.639. The van der Waals surface area contributed by atoms with E-state index in [0.29, 0.717) is 6.42 Å². The van der Waals surface area contributed by atoms with Crippen molar-refractivity contribution in [3.63, 3.8) is 0 Å². The Bertz CT molecular complexity index is 177. The van der Waals surface area contributed by atoms with Crippen LogP contribution in [-0.2, 0) is 9.53 Å². The lowest BCUT2D eigenvalue weighted by Crippen LogP contribution is -2.60. The van der Waals surface area contributed by atoms with Crippen molar-refractivity contribution < 1.29 is 14.6 Å². The Morgan fingerprint density at radius 1 is 1.75 bits per heavy atom. The third-order valence-electron chi connectivity index (χ3n) is 2.07. The van der Waals surface area contributed by atoms with Crippen LogP contribution >= 0.6 is 0 Å². The summed E-state index contributed by atoms with van der Waals surface area (Å²) in [5, 5.41) is 11.8. The summed E-state index contributed by atoms with van der Waals surface area (Å²) in [7, 11) is 0. The van der Waals surface area contributed by atoms with E-state index in [0.717, 1.165) is 13.1 Å². The van der Waals surface area contributed by atoms with E-state index in [1.807, 2.05) is 13.8 Å². The monoisotopic (exact) mass is 173 g/mol. The summed E-state index contributed by atoms with van der Waals surface area (Å²) in [6.07, 6.45) is -0.137. The van der Waals surface area contributed by atoms with Crippen LogP contribution in [0.3, 0.4) is 0 Å². The Labute approximate surface area is 71.9 Å². The first-order valence-electron chi connectivity index (χ1n) is 4.19. The molecule has 1 heterocycles. The van der Waals surface area contributed by atoms with Crippen LogP contribution < -0.4 is 5.32 Å². The largest absolute Gasteiger partial charge is 0.479 e. The van der Waals surface area contributed by atoms with Crippen molar-refractivity contribution in [3.8, 4) is 0 Å². The van der Waals surface area contributed by atoms with Crippen LogP contribution in [0.4, 0.5) is 0 Å². The first-order chi connectivity index (χ1) is 5.57. The molecule has 12 heavy (non-hydrogen) atoms. The van der Waals surface area contributed by atoms with Gasteiger partial charge in [-0.05, 0) is 13.3 Å². The van der Waals surface area contributed by atoms with Gasteiger partial charge in [-0.2, -0.15) is 0 Å². The maximum absolute atomic E-state index is 10.6. The molecule has 0 spiro atoms. The van der Waals surface area contributed by atoms with E-state index >= 15 is 0 Å². The summed E-state index contributed by atoms with van der Waals surface area (Å²) in [5.74, 6) is -0.870. The summed E-state index contributed by atoms with van der Waals surface area (Å²) in [6.45, 7) is 5.23. The predicted octanol–water partition coefficient (Wildman–Crippen LogP) is 0.228. The molecule has 1 aliphatic rings. The Balaban J connectivity index is 2.41. The minimum Gasteiger partial charge on any atom is -0.479 e. The number of carboxylic acid groups (broad SMARTS) is 1. The van der Waals surface area contributed by atoms with Gasteiger partial charge in [0.1, 0.15) is 0 Å². The molecule has 0 aromatic carbocycles. The van der Waals surface area contributed by atoms with Gasteiger partial charge in [-0.1, -0.05) is 6.92 Å². The molecular formula is C8H15NO3. The summed E-state index contributed by atoms with van der Waals surface area (Å²) in [4.78, 5) is 10.6. The van der Waals surface area contributed by atoms with Gasteiger partial charge in [-0.25, -0.2) is 4.79 Å². The fourth-order valence-electron chi connectivity index (χ4n) is 1.21. The van der Waals surface area contributed by atoms with Gasteiger partial charge >= 0.3 is 5.97 Å². The molecule has 0 amide bonds. The van der Waals surface area contributed by atoms with Gasteiger partial charge in [0, 0.05) is 13.1 Å². The molecule has 0 radical (unpaired) electrons. The van der Waals surface area contributed by atoms with E-state index in [1.165, 1.54) is 0 Å². The fraction of sp³-hybridized carbons (Fsp3) is 0.875. The SMILES string of the molecule is CCC(OC1(C)CNC1)C(=O)O. The lowest BCUT2D eigenvalue weighted by atomic mass is 9.99. The Morgan fingerprint density at radius 2 is 2.33 bits per heavy atom. The summed E-state index contributed by atoms with van der Waals surface area (Å²) >= 11 is 0. The highest BCUT2D eigenvalue weighted by atomic mass is 16.5. The lowest BCUT2D eigenvalue weighted by molar-refractivity contribution is -0.168. The van der Waals surface area contributed by atoms with Crippen molar-refractivity contribution in [2.75, 3.05) is 13.1 Å². The second-order valence-corrected chi connectivity index (χ2v) is 3.41. The highest BCUT2D eigenvalue weighted by Gasteiger charge is 2.36. The number of carbonyl (C=O) groups is 1. The summed E-state index contributed by atoms with van der Waals surface area (Å²) < 4.78 is 5.42. The second-order valence-electron chi connectivity index (χ2n) is 3.41. The number of ether oxygens (including phenoxy) is 1. The van der Waals surface area contributed by atoms with Gasteiger partial charge in [0.15, 0.2) is 6.10 Å². The first kappa shape index (κ1) is 9.48. The molecule has 1 aliphatic heterocycles. The van der Waals surface area contributed by atoms with Gasteiger partial charge < -0.3 is 15.2 Å². The molecule has 1 atom stereocenters. The normalized spacial score (nSPS) is 22.8. The van der Waals surface area contributed by atoms with E-state index in [9.17, 15) is 4.79 Å². The molecule has 1 rings (SSSR count). The molecule has 1 saturated heterocycles. The maximum Gasteiger partial charge on any atom is 0.332 e. The Kier molecular flexibility index (Phi) is 2.69. The summed E-state index contributed by atoms with van der Waals surface area (Å²) in [5.41, 5.74) is -0.265. The number of aliphatic carboxylic acids is 1. The third kappa shape index (κ3) is 1.95. The minimum atomic E-state index is -0.870. The molecule has 1 fully saturated rings. The van der Waals surface area contributed by atoms with Crippen molar-refractivity contribution in [1.82, 2.24) is 5.32 Å². The van der Waals surface area contributed by atoms with Gasteiger partial charge in [0.25, 0.3) is 0 Å². The van der Waals surface area contributed by atoms with E-state index in [1.54, 1.807) is 0 Å². The van der Waals surface area contributed by atoms with E-state index in [-0.39, 0.29) is 5.60 Å². The smallest absolute Gasteiger partial charge is 0.332 e. The molecule has 1 unspecified atom stereocenters. The molecule has 70 valence electrons. The van der Waals surface area contributed by atoms with Crippen LogP contribution in [0.1, 0.15) is 20.3 Å². The number of hydrogen-bond donors (Lipinski definition) is 2. The highest BCUT2D eigenvalue weighted by molar-refractivity contribution is 5.72. The topological polar surface area (TPSA) is 58.6 Å². The van der Waals surface area contributed by atoms with Crippen LogP contribution in [0.2, 0.25) is 0 Å². The van der Waals surface area contributed by atoms with Gasteiger partial charge in [0.05, 0.1) is 5.60 Å². The van der Waals surface area contributed by atoms with Crippen molar-refractivity contribution in [2.45, 2.75) is 32.0 Å². The van der Waals surface area contributed by atoms with Crippen molar-refractivity contribution in [1.29, 1.82) is 0 Å². The predicted molar refractivity (Wildman–Crippen MR) is 44.1 cm³/mol. The van der Waals surface area contributed by atoms with Crippen LogP contribution in [0.25, 0.3) is 0 Å². The first-order valence-corrected chi connectivity index (χ1v) is 4.19. The standard InChI is InChI=1S/C8H15NO3/c1-3-6(7(10)11)12-8(2)4-9-5-8/h6,9H,3-5H2,1-2H3,(H,10,11). The molecule has 2 N–H and O–H groups in total. The zero-order valence-corrected chi connectivity index (χ0v) is 7.46. The molecule has 4 heteroatoms. The highest BCUT2D eigenvalue weighted by Crippen LogP contribution is 2.19. The molecule has 0 aliphatic carbocycles. The molecule has 0 saturated carbocycles.